The first-order valence-corrected chi connectivity index (χ1v) is 7.70. The Morgan fingerprint density at radius 1 is 1.04 bits per heavy atom. The lowest BCUT2D eigenvalue weighted by Crippen LogP contribution is -2.00. The van der Waals surface area contributed by atoms with Crippen LogP contribution in [-0.2, 0) is 0 Å². The van der Waals surface area contributed by atoms with Gasteiger partial charge in [-0.25, -0.2) is 9.97 Å². The molecule has 1 N–H and O–H groups in total. The van der Waals surface area contributed by atoms with Crippen LogP contribution in [0.4, 0.5) is 10.5 Å². The maximum absolute atomic E-state index is 10.9. The minimum absolute atomic E-state index is 0.386. The van der Waals surface area contributed by atoms with Crippen molar-refractivity contribution in [1.29, 1.82) is 0 Å². The molecule has 0 aliphatic carbocycles. The average Bonchev–Trinajstić information content (AvgIpc) is 2.62. The van der Waals surface area contributed by atoms with Gasteiger partial charge in [-0.1, -0.05) is 12.6 Å². The molecule has 0 saturated heterocycles. The quantitative estimate of drug-likeness (QED) is 0.674. The van der Waals surface area contributed by atoms with Crippen LogP contribution in [-0.4, -0.2) is 29.4 Å². The number of amides is 1. The van der Waals surface area contributed by atoms with E-state index in [9.17, 15) is 4.79 Å². The van der Waals surface area contributed by atoms with Gasteiger partial charge in [0, 0.05) is 11.8 Å². The third-order valence-corrected chi connectivity index (χ3v) is 3.54. The predicted octanol–water partition coefficient (Wildman–Crippen LogP) is 3.90. The normalized spacial score (nSPS) is 10.4. The van der Waals surface area contributed by atoms with E-state index in [-0.39, 0.29) is 0 Å². The molecule has 128 valence electrons. The molecule has 2 aromatic carbocycles. The summed E-state index contributed by atoms with van der Waals surface area (Å²) in [6.45, 7) is 0. The molecule has 1 amide bonds. The van der Waals surface area contributed by atoms with E-state index in [1.54, 1.807) is 50.6 Å². The van der Waals surface area contributed by atoms with Crippen molar-refractivity contribution in [3.63, 3.8) is 0 Å². The van der Waals surface area contributed by atoms with Crippen molar-refractivity contribution in [2.45, 2.75) is 0 Å². The van der Waals surface area contributed by atoms with E-state index in [1.807, 2.05) is 0 Å². The average molecular weight is 357 g/mol. The van der Waals surface area contributed by atoms with E-state index in [0.29, 0.717) is 39.7 Å². The van der Waals surface area contributed by atoms with Crippen LogP contribution in [0.5, 0.6) is 23.1 Å². The molecule has 0 bridgehead atoms. The highest BCUT2D eigenvalue weighted by molar-refractivity contribution is 7.96. The summed E-state index contributed by atoms with van der Waals surface area (Å²) in [5.74, 6) is 2.08. The van der Waals surface area contributed by atoms with Crippen molar-refractivity contribution in [2.75, 3.05) is 19.5 Å². The van der Waals surface area contributed by atoms with Gasteiger partial charge in [0.2, 0.25) is 5.88 Å². The highest BCUT2D eigenvalue weighted by Gasteiger charge is 2.12. The predicted molar refractivity (Wildman–Crippen MR) is 97.2 cm³/mol. The molecule has 7 nitrogen and oxygen atoms in total. The molecular weight excluding hydrogens is 342 g/mol. The summed E-state index contributed by atoms with van der Waals surface area (Å²) in [6.07, 6.45) is 1.42. The fourth-order valence-corrected chi connectivity index (χ4v) is 2.41. The van der Waals surface area contributed by atoms with E-state index in [2.05, 4.69) is 27.9 Å². The Morgan fingerprint density at radius 3 is 2.36 bits per heavy atom. The van der Waals surface area contributed by atoms with Gasteiger partial charge in [0.05, 0.1) is 25.1 Å². The molecule has 25 heavy (non-hydrogen) atoms. The number of thiol groups is 1. The zero-order valence-corrected chi connectivity index (χ0v) is 14.4. The summed E-state index contributed by atoms with van der Waals surface area (Å²) in [5.41, 5.74) is 1.29. The van der Waals surface area contributed by atoms with Crippen molar-refractivity contribution in [1.82, 2.24) is 9.97 Å². The number of fused-ring (bicyclic) bond motifs is 1. The van der Waals surface area contributed by atoms with Gasteiger partial charge in [0.15, 0.2) is 11.5 Å². The lowest BCUT2D eigenvalue weighted by molar-refractivity contribution is 0.270. The Hall–Kier alpha value is -3.00. The molecule has 0 atom stereocenters. The Morgan fingerprint density at radius 2 is 1.72 bits per heavy atom. The first kappa shape index (κ1) is 16.8. The molecule has 0 fully saturated rings. The molecule has 0 aliphatic rings. The molecule has 0 saturated carbocycles. The van der Waals surface area contributed by atoms with Crippen LogP contribution in [0.2, 0.25) is 0 Å². The summed E-state index contributed by atoms with van der Waals surface area (Å²) in [7, 11) is 3.12. The van der Waals surface area contributed by atoms with E-state index in [1.165, 1.54) is 6.33 Å². The smallest absolute Gasteiger partial charge is 0.280 e. The second-order valence-corrected chi connectivity index (χ2v) is 5.37. The van der Waals surface area contributed by atoms with Crippen molar-refractivity contribution in [3.8, 4) is 23.1 Å². The number of benzene rings is 2. The van der Waals surface area contributed by atoms with Crippen LogP contribution >= 0.6 is 12.6 Å². The highest BCUT2D eigenvalue weighted by Crippen LogP contribution is 2.35. The van der Waals surface area contributed by atoms with Gasteiger partial charge in [-0.2, -0.15) is 0 Å². The van der Waals surface area contributed by atoms with Crippen molar-refractivity contribution in [3.05, 3.63) is 42.7 Å². The Bertz CT molecular complexity index is 916. The van der Waals surface area contributed by atoms with Crippen LogP contribution in [0.25, 0.3) is 10.9 Å². The maximum Gasteiger partial charge on any atom is 0.280 e. The molecular formula is C17H15N3O4S. The highest BCUT2D eigenvalue weighted by atomic mass is 32.1. The van der Waals surface area contributed by atoms with Crippen molar-refractivity contribution < 1.29 is 19.0 Å². The van der Waals surface area contributed by atoms with E-state index < -0.39 is 5.24 Å². The van der Waals surface area contributed by atoms with Crippen molar-refractivity contribution in [2.24, 2.45) is 0 Å². The number of hydrogen-bond donors (Lipinski definition) is 2. The van der Waals surface area contributed by atoms with Gasteiger partial charge < -0.3 is 19.5 Å². The number of anilines is 1. The fraction of sp³-hybridized carbons (Fsp3) is 0.118. The third kappa shape index (κ3) is 3.74. The minimum Gasteiger partial charge on any atom is -0.493 e. The molecule has 3 rings (SSSR count). The first-order chi connectivity index (χ1) is 12.1. The molecule has 0 spiro atoms. The molecule has 1 aromatic heterocycles. The van der Waals surface area contributed by atoms with Gasteiger partial charge >= 0.3 is 0 Å². The van der Waals surface area contributed by atoms with Gasteiger partial charge in [0.1, 0.15) is 12.1 Å². The second kappa shape index (κ2) is 7.27. The Labute approximate surface area is 149 Å². The third-order valence-electron chi connectivity index (χ3n) is 3.42. The number of aromatic nitrogens is 2. The maximum atomic E-state index is 10.9. The summed E-state index contributed by atoms with van der Waals surface area (Å²) in [6, 6.07) is 10.4. The number of rotatable bonds is 5. The van der Waals surface area contributed by atoms with Gasteiger partial charge in [0.25, 0.3) is 5.24 Å². The Balaban J connectivity index is 1.94. The molecule has 0 radical (unpaired) electrons. The largest absolute Gasteiger partial charge is 0.493 e. The molecule has 1 heterocycles. The van der Waals surface area contributed by atoms with Crippen molar-refractivity contribution >= 4 is 34.5 Å². The van der Waals surface area contributed by atoms with E-state index in [4.69, 9.17) is 14.2 Å². The molecule has 0 unspecified atom stereocenters. The van der Waals surface area contributed by atoms with Crippen LogP contribution in [0.3, 0.4) is 0 Å². The number of hydrogen-bond acceptors (Lipinski definition) is 6. The SMILES string of the molecule is COc1cc2ncnc(Oc3ccc(NC(=O)S)cc3)c2cc1OC. The van der Waals surface area contributed by atoms with E-state index >= 15 is 0 Å². The standard InChI is InChI=1S/C17H15N3O4S/c1-22-14-7-12-13(8-15(14)23-2)18-9-19-16(12)24-11-5-3-10(4-6-11)20-17(21)25/h3-9H,1-2H3,(H2,20,21,25). The van der Waals surface area contributed by atoms with Crippen LogP contribution in [0.1, 0.15) is 0 Å². The number of carbonyl (C=O) groups excluding carboxylic acids is 1. The van der Waals surface area contributed by atoms with Crippen LogP contribution in [0.15, 0.2) is 42.7 Å². The molecule has 8 heteroatoms. The number of methoxy groups -OCH3 is 2. The van der Waals surface area contributed by atoms with Crippen LogP contribution < -0.4 is 19.5 Å². The first-order valence-electron chi connectivity index (χ1n) is 7.25. The fourth-order valence-electron chi connectivity index (χ4n) is 2.28. The molecule has 3 aromatic rings. The monoisotopic (exact) mass is 357 g/mol. The number of nitrogens with one attached hydrogen (secondary N) is 1. The zero-order valence-electron chi connectivity index (χ0n) is 13.5. The topological polar surface area (TPSA) is 82.6 Å². The second-order valence-electron chi connectivity index (χ2n) is 4.96. The summed E-state index contributed by atoms with van der Waals surface area (Å²) in [5, 5.41) is 2.82. The van der Waals surface area contributed by atoms with Crippen LogP contribution in [0, 0.1) is 0 Å². The minimum atomic E-state index is -0.434. The van der Waals surface area contributed by atoms with Gasteiger partial charge in [-0.05, 0) is 30.3 Å². The molecule has 0 aliphatic heterocycles. The lowest BCUT2D eigenvalue weighted by Gasteiger charge is -2.11. The summed E-state index contributed by atoms with van der Waals surface area (Å²) in [4.78, 5) is 19.4. The van der Waals surface area contributed by atoms with Gasteiger partial charge in [-0.15, -0.1) is 0 Å². The van der Waals surface area contributed by atoms with Gasteiger partial charge in [-0.3, -0.25) is 4.79 Å². The zero-order chi connectivity index (χ0) is 17.8. The number of carbonyl (C=O) groups is 1. The Kier molecular flexibility index (Phi) is 4.90. The number of ether oxygens (including phenoxy) is 3. The van der Waals surface area contributed by atoms with E-state index in [0.717, 1.165) is 0 Å². The lowest BCUT2D eigenvalue weighted by atomic mass is 10.2. The summed E-state index contributed by atoms with van der Waals surface area (Å²) < 4.78 is 16.4. The number of nitrogens with zero attached hydrogens (tertiary/aromatic N) is 2. The summed E-state index contributed by atoms with van der Waals surface area (Å²) >= 11 is 3.67.